The first-order valence-corrected chi connectivity index (χ1v) is 7.82. The molecule has 1 aliphatic carbocycles. The topological polar surface area (TPSA) is 53.1 Å². The number of benzene rings is 1. The standard InChI is InChI=1S/C17H19N3O2/c1-12-18-17-15(7-4-8-16(17)22-12)21-11-13-9-10-20(19-13)14-5-2-3-6-14/h4,7-10,14H,2-3,5-6,11H2,1H3. The van der Waals surface area contributed by atoms with Crippen molar-refractivity contribution in [3.8, 4) is 5.75 Å². The van der Waals surface area contributed by atoms with E-state index >= 15 is 0 Å². The summed E-state index contributed by atoms with van der Waals surface area (Å²) in [4.78, 5) is 4.38. The lowest BCUT2D eigenvalue weighted by Gasteiger charge is -2.09. The Morgan fingerprint density at radius 3 is 3.00 bits per heavy atom. The van der Waals surface area contributed by atoms with Crippen LogP contribution in [0.2, 0.25) is 0 Å². The van der Waals surface area contributed by atoms with Crippen LogP contribution < -0.4 is 4.74 Å². The summed E-state index contributed by atoms with van der Waals surface area (Å²) in [5.74, 6) is 1.39. The highest BCUT2D eigenvalue weighted by Crippen LogP contribution is 2.29. The van der Waals surface area contributed by atoms with Gasteiger partial charge in [0.15, 0.2) is 17.0 Å². The molecule has 1 fully saturated rings. The van der Waals surface area contributed by atoms with Gasteiger partial charge in [-0.2, -0.15) is 5.10 Å². The molecule has 0 radical (unpaired) electrons. The molecule has 0 aliphatic heterocycles. The zero-order valence-corrected chi connectivity index (χ0v) is 12.7. The van der Waals surface area contributed by atoms with Crippen molar-refractivity contribution in [1.82, 2.24) is 14.8 Å². The molecule has 0 saturated heterocycles. The summed E-state index contributed by atoms with van der Waals surface area (Å²) in [5.41, 5.74) is 2.48. The zero-order chi connectivity index (χ0) is 14.9. The Hall–Kier alpha value is -2.30. The molecule has 114 valence electrons. The maximum Gasteiger partial charge on any atom is 0.192 e. The van der Waals surface area contributed by atoms with E-state index in [9.17, 15) is 0 Å². The lowest BCUT2D eigenvalue weighted by molar-refractivity contribution is 0.301. The summed E-state index contributed by atoms with van der Waals surface area (Å²) in [6.07, 6.45) is 7.16. The molecule has 22 heavy (non-hydrogen) atoms. The van der Waals surface area contributed by atoms with Gasteiger partial charge in [0, 0.05) is 13.1 Å². The number of nitrogens with zero attached hydrogens (tertiary/aromatic N) is 3. The highest BCUT2D eigenvalue weighted by Gasteiger charge is 2.17. The van der Waals surface area contributed by atoms with E-state index in [4.69, 9.17) is 9.15 Å². The number of aryl methyl sites for hydroxylation is 1. The maximum absolute atomic E-state index is 5.90. The first-order valence-electron chi connectivity index (χ1n) is 7.82. The van der Waals surface area contributed by atoms with Crippen molar-refractivity contribution in [2.24, 2.45) is 0 Å². The molecule has 0 atom stereocenters. The van der Waals surface area contributed by atoms with Crippen molar-refractivity contribution >= 4 is 11.1 Å². The number of aromatic nitrogens is 3. The Morgan fingerprint density at radius 1 is 1.27 bits per heavy atom. The molecular weight excluding hydrogens is 278 g/mol. The molecule has 1 aliphatic rings. The minimum Gasteiger partial charge on any atom is -0.485 e. The van der Waals surface area contributed by atoms with Gasteiger partial charge in [0.2, 0.25) is 0 Å². The van der Waals surface area contributed by atoms with E-state index in [1.165, 1.54) is 25.7 Å². The SMILES string of the molecule is Cc1nc2c(OCc3ccn(C4CCCC4)n3)cccc2o1. The number of oxazole rings is 1. The number of hydrogen-bond donors (Lipinski definition) is 0. The van der Waals surface area contributed by atoms with E-state index in [1.807, 2.05) is 31.2 Å². The molecule has 0 amide bonds. The second kappa shape index (κ2) is 5.48. The maximum atomic E-state index is 5.90. The second-order valence-corrected chi connectivity index (χ2v) is 5.85. The molecule has 5 nitrogen and oxygen atoms in total. The summed E-state index contributed by atoms with van der Waals surface area (Å²) in [6.45, 7) is 2.29. The van der Waals surface area contributed by atoms with Gasteiger partial charge < -0.3 is 9.15 Å². The van der Waals surface area contributed by atoms with Crippen molar-refractivity contribution in [3.63, 3.8) is 0 Å². The fourth-order valence-corrected chi connectivity index (χ4v) is 3.13. The molecule has 0 spiro atoms. The van der Waals surface area contributed by atoms with Gasteiger partial charge in [-0.1, -0.05) is 18.9 Å². The average Bonchev–Trinajstić information content (AvgIpc) is 3.24. The lowest BCUT2D eigenvalue weighted by atomic mass is 10.3. The third-order valence-electron chi connectivity index (χ3n) is 4.23. The summed E-state index contributed by atoms with van der Waals surface area (Å²) in [5, 5.41) is 4.64. The normalized spacial score (nSPS) is 15.7. The van der Waals surface area contributed by atoms with Crippen LogP contribution in [0.15, 0.2) is 34.9 Å². The third kappa shape index (κ3) is 2.47. The van der Waals surface area contributed by atoms with E-state index in [-0.39, 0.29) is 0 Å². The zero-order valence-electron chi connectivity index (χ0n) is 12.7. The summed E-state index contributed by atoms with van der Waals surface area (Å²) >= 11 is 0. The molecular formula is C17H19N3O2. The van der Waals surface area contributed by atoms with Crippen LogP contribution >= 0.6 is 0 Å². The predicted molar refractivity (Wildman–Crippen MR) is 82.8 cm³/mol. The molecule has 1 aromatic carbocycles. The first-order chi connectivity index (χ1) is 10.8. The minimum absolute atomic E-state index is 0.449. The monoisotopic (exact) mass is 297 g/mol. The van der Waals surface area contributed by atoms with Gasteiger partial charge in [-0.15, -0.1) is 0 Å². The number of fused-ring (bicyclic) bond motifs is 1. The summed E-state index contributed by atoms with van der Waals surface area (Å²) in [6, 6.07) is 8.33. The van der Waals surface area contributed by atoms with Gasteiger partial charge >= 0.3 is 0 Å². The molecule has 0 unspecified atom stereocenters. The molecule has 0 bridgehead atoms. The van der Waals surface area contributed by atoms with Crippen LogP contribution in [0.25, 0.3) is 11.1 Å². The van der Waals surface area contributed by atoms with Crippen molar-refractivity contribution < 1.29 is 9.15 Å². The first kappa shape index (κ1) is 13.4. The molecule has 4 rings (SSSR count). The summed E-state index contributed by atoms with van der Waals surface area (Å²) < 4.78 is 13.5. The highest BCUT2D eigenvalue weighted by molar-refractivity contribution is 5.79. The van der Waals surface area contributed by atoms with Gasteiger partial charge in [0.05, 0.1) is 11.7 Å². The Bertz CT molecular complexity index is 784. The smallest absolute Gasteiger partial charge is 0.192 e. The van der Waals surface area contributed by atoms with Gasteiger partial charge in [0.1, 0.15) is 12.4 Å². The average molecular weight is 297 g/mol. The van der Waals surface area contributed by atoms with Crippen LogP contribution in [0.1, 0.15) is 43.3 Å². The summed E-state index contributed by atoms with van der Waals surface area (Å²) in [7, 11) is 0. The minimum atomic E-state index is 0.449. The largest absolute Gasteiger partial charge is 0.485 e. The van der Waals surface area contributed by atoms with E-state index in [1.54, 1.807) is 0 Å². The number of hydrogen-bond acceptors (Lipinski definition) is 4. The van der Waals surface area contributed by atoms with Crippen LogP contribution in [0.3, 0.4) is 0 Å². The van der Waals surface area contributed by atoms with E-state index in [0.717, 1.165) is 22.5 Å². The lowest BCUT2D eigenvalue weighted by Crippen LogP contribution is -2.06. The van der Waals surface area contributed by atoms with Gasteiger partial charge in [-0.3, -0.25) is 4.68 Å². The van der Waals surface area contributed by atoms with Crippen LogP contribution in [0.4, 0.5) is 0 Å². The fraction of sp³-hybridized carbons (Fsp3) is 0.412. The van der Waals surface area contributed by atoms with Gasteiger partial charge in [-0.25, -0.2) is 4.98 Å². The molecule has 1 saturated carbocycles. The molecule has 2 aromatic heterocycles. The van der Waals surface area contributed by atoms with Crippen LogP contribution in [-0.4, -0.2) is 14.8 Å². The Morgan fingerprint density at radius 2 is 2.14 bits per heavy atom. The Kier molecular flexibility index (Phi) is 3.33. The number of ether oxygens (including phenoxy) is 1. The predicted octanol–water partition coefficient (Wildman–Crippen LogP) is 4.03. The quantitative estimate of drug-likeness (QED) is 0.729. The second-order valence-electron chi connectivity index (χ2n) is 5.85. The van der Waals surface area contributed by atoms with Gasteiger partial charge in [-0.05, 0) is 31.0 Å². The van der Waals surface area contributed by atoms with Gasteiger partial charge in [0.25, 0.3) is 0 Å². The van der Waals surface area contributed by atoms with E-state index in [0.29, 0.717) is 18.5 Å². The van der Waals surface area contributed by atoms with Crippen LogP contribution in [-0.2, 0) is 6.61 Å². The van der Waals surface area contributed by atoms with Crippen molar-refractivity contribution in [2.45, 2.75) is 45.3 Å². The number of rotatable bonds is 4. The van der Waals surface area contributed by atoms with E-state index < -0.39 is 0 Å². The number of para-hydroxylation sites is 1. The molecule has 5 heteroatoms. The molecule has 3 aromatic rings. The Labute approximate surface area is 128 Å². The van der Waals surface area contributed by atoms with Crippen molar-refractivity contribution in [2.75, 3.05) is 0 Å². The van der Waals surface area contributed by atoms with Crippen LogP contribution in [0, 0.1) is 6.92 Å². The fourth-order valence-electron chi connectivity index (χ4n) is 3.13. The van der Waals surface area contributed by atoms with Crippen LogP contribution in [0.5, 0.6) is 5.75 Å². The van der Waals surface area contributed by atoms with Crippen molar-refractivity contribution in [1.29, 1.82) is 0 Å². The Balaban J connectivity index is 1.49. The van der Waals surface area contributed by atoms with Crippen molar-refractivity contribution in [3.05, 3.63) is 42.0 Å². The highest BCUT2D eigenvalue weighted by atomic mass is 16.5. The molecule has 0 N–H and O–H groups in total. The molecule has 2 heterocycles. The van der Waals surface area contributed by atoms with E-state index in [2.05, 4.69) is 21.0 Å². The third-order valence-corrected chi connectivity index (χ3v) is 4.23.